The van der Waals surface area contributed by atoms with Gasteiger partial charge in [-0.25, -0.2) is 23.1 Å². The monoisotopic (exact) mass is 370 g/mol. The van der Waals surface area contributed by atoms with Crippen LogP contribution in [0.5, 0.6) is 0 Å². The molecule has 2 aromatic rings. The molecular formula is C16H23ClN4O2S. The Bertz CT molecular complexity index is 722. The number of nitrogens with zero attached hydrogens (tertiary/aromatic N) is 2. The van der Waals surface area contributed by atoms with E-state index < -0.39 is 10.0 Å². The average Bonchev–Trinajstić information content (AvgIpc) is 2.54. The van der Waals surface area contributed by atoms with Crippen molar-refractivity contribution in [3.8, 4) is 11.4 Å². The third kappa shape index (κ3) is 5.52. The van der Waals surface area contributed by atoms with Crippen LogP contribution in [0.15, 0.2) is 47.6 Å². The number of nitrogens with one attached hydrogen (secondary N) is 1. The van der Waals surface area contributed by atoms with Crippen LogP contribution < -0.4 is 10.5 Å². The Kier molecular flexibility index (Phi) is 7.75. The van der Waals surface area contributed by atoms with E-state index in [1.807, 2.05) is 44.2 Å². The molecule has 0 aliphatic carbocycles. The van der Waals surface area contributed by atoms with Gasteiger partial charge in [0.2, 0.25) is 10.0 Å². The standard InChI is InChI=1S/C16H22N4O2S.ClH/c1-12(2)8-14(9-17)20-23(21,22)15-10-18-16(19-11-15)13-6-4-3-5-7-13;/h3-7,10-12,14,20H,8-9,17H2,1-2H3;1H. The summed E-state index contributed by atoms with van der Waals surface area (Å²) in [5.41, 5.74) is 6.49. The fourth-order valence-corrected chi connectivity index (χ4v) is 3.39. The Balaban J connectivity index is 0.00000288. The minimum absolute atomic E-state index is 0. The fourth-order valence-electron chi connectivity index (χ4n) is 2.24. The van der Waals surface area contributed by atoms with Crippen LogP contribution in [0.1, 0.15) is 20.3 Å². The molecule has 1 unspecified atom stereocenters. The predicted molar refractivity (Wildman–Crippen MR) is 97.3 cm³/mol. The molecule has 132 valence electrons. The van der Waals surface area contributed by atoms with Gasteiger partial charge >= 0.3 is 0 Å². The van der Waals surface area contributed by atoms with Gasteiger partial charge in [-0.05, 0) is 12.3 Å². The normalized spacial score (nSPS) is 12.7. The number of rotatable bonds is 7. The second-order valence-electron chi connectivity index (χ2n) is 5.79. The van der Waals surface area contributed by atoms with E-state index in [0.29, 0.717) is 18.2 Å². The Labute approximate surface area is 149 Å². The van der Waals surface area contributed by atoms with E-state index in [4.69, 9.17) is 5.73 Å². The molecular weight excluding hydrogens is 348 g/mol. The number of hydrogen-bond acceptors (Lipinski definition) is 5. The molecule has 0 saturated carbocycles. The molecule has 24 heavy (non-hydrogen) atoms. The van der Waals surface area contributed by atoms with E-state index in [1.165, 1.54) is 12.4 Å². The first kappa shape index (κ1) is 20.5. The first-order valence-corrected chi connectivity index (χ1v) is 9.00. The van der Waals surface area contributed by atoms with Crippen molar-refractivity contribution in [2.75, 3.05) is 6.54 Å². The molecule has 1 atom stereocenters. The minimum Gasteiger partial charge on any atom is -0.329 e. The molecule has 3 N–H and O–H groups in total. The van der Waals surface area contributed by atoms with E-state index >= 15 is 0 Å². The molecule has 1 aromatic heterocycles. The summed E-state index contributed by atoms with van der Waals surface area (Å²) in [6, 6.07) is 9.09. The summed E-state index contributed by atoms with van der Waals surface area (Å²) < 4.78 is 27.4. The van der Waals surface area contributed by atoms with Crippen LogP contribution in [0.4, 0.5) is 0 Å². The summed E-state index contributed by atoms with van der Waals surface area (Å²) in [5.74, 6) is 0.838. The van der Waals surface area contributed by atoms with Crippen LogP contribution in [0, 0.1) is 5.92 Å². The Hall–Kier alpha value is -1.54. The molecule has 0 radical (unpaired) electrons. The van der Waals surface area contributed by atoms with Crippen molar-refractivity contribution in [3.63, 3.8) is 0 Å². The number of sulfonamides is 1. The summed E-state index contributed by atoms with van der Waals surface area (Å²) in [6.07, 6.45) is 3.32. The van der Waals surface area contributed by atoms with Gasteiger partial charge in [-0.1, -0.05) is 44.2 Å². The lowest BCUT2D eigenvalue weighted by Gasteiger charge is -2.18. The number of aromatic nitrogens is 2. The second kappa shape index (κ2) is 9.08. The fraction of sp³-hybridized carbons (Fsp3) is 0.375. The summed E-state index contributed by atoms with van der Waals surface area (Å²) in [7, 11) is -3.67. The van der Waals surface area contributed by atoms with Crippen LogP contribution in [-0.2, 0) is 10.0 Å². The van der Waals surface area contributed by atoms with Gasteiger partial charge in [0.1, 0.15) is 4.90 Å². The molecule has 2 rings (SSSR count). The summed E-state index contributed by atoms with van der Waals surface area (Å²) in [6.45, 7) is 4.30. The van der Waals surface area contributed by atoms with Crippen LogP contribution >= 0.6 is 12.4 Å². The molecule has 1 aromatic carbocycles. The zero-order valence-corrected chi connectivity index (χ0v) is 15.3. The zero-order valence-electron chi connectivity index (χ0n) is 13.7. The second-order valence-corrected chi connectivity index (χ2v) is 7.51. The highest BCUT2D eigenvalue weighted by Gasteiger charge is 2.21. The van der Waals surface area contributed by atoms with Gasteiger partial charge in [0.15, 0.2) is 5.82 Å². The maximum absolute atomic E-state index is 12.4. The van der Waals surface area contributed by atoms with Gasteiger partial charge in [0, 0.05) is 18.2 Å². The van der Waals surface area contributed by atoms with Crippen molar-refractivity contribution in [1.82, 2.24) is 14.7 Å². The molecule has 1 heterocycles. The SMILES string of the molecule is CC(C)CC(CN)NS(=O)(=O)c1cnc(-c2ccccc2)nc1.Cl. The largest absolute Gasteiger partial charge is 0.329 e. The van der Waals surface area contributed by atoms with Crippen molar-refractivity contribution < 1.29 is 8.42 Å². The molecule has 0 saturated heterocycles. The number of hydrogen-bond donors (Lipinski definition) is 2. The van der Waals surface area contributed by atoms with Gasteiger partial charge < -0.3 is 5.73 Å². The first-order valence-electron chi connectivity index (χ1n) is 7.52. The third-order valence-electron chi connectivity index (χ3n) is 3.33. The number of halogens is 1. The van der Waals surface area contributed by atoms with Crippen LogP contribution in [-0.4, -0.2) is 31.0 Å². The molecule has 8 heteroatoms. The molecule has 6 nitrogen and oxygen atoms in total. The summed E-state index contributed by atoms with van der Waals surface area (Å²) in [5, 5.41) is 0. The summed E-state index contributed by atoms with van der Waals surface area (Å²) in [4.78, 5) is 8.34. The third-order valence-corrected chi connectivity index (χ3v) is 4.81. The van der Waals surface area contributed by atoms with Gasteiger partial charge in [0.25, 0.3) is 0 Å². The quantitative estimate of drug-likeness (QED) is 0.778. The van der Waals surface area contributed by atoms with Gasteiger partial charge in [-0.15, -0.1) is 12.4 Å². The molecule has 0 bridgehead atoms. The molecule has 0 aliphatic heterocycles. The minimum atomic E-state index is -3.67. The van der Waals surface area contributed by atoms with Crippen molar-refractivity contribution in [3.05, 3.63) is 42.7 Å². The highest BCUT2D eigenvalue weighted by molar-refractivity contribution is 7.89. The van der Waals surface area contributed by atoms with Gasteiger partial charge in [-0.3, -0.25) is 0 Å². The van der Waals surface area contributed by atoms with Crippen molar-refractivity contribution >= 4 is 22.4 Å². The molecule has 0 spiro atoms. The Morgan fingerprint density at radius 2 is 1.71 bits per heavy atom. The lowest BCUT2D eigenvalue weighted by atomic mass is 10.1. The topological polar surface area (TPSA) is 98.0 Å². The predicted octanol–water partition coefficient (Wildman–Crippen LogP) is 2.22. The Morgan fingerprint density at radius 3 is 2.21 bits per heavy atom. The molecule has 0 fully saturated rings. The highest BCUT2D eigenvalue weighted by Crippen LogP contribution is 2.15. The maximum Gasteiger partial charge on any atom is 0.243 e. The molecule has 0 amide bonds. The van der Waals surface area contributed by atoms with Crippen LogP contribution in [0.2, 0.25) is 0 Å². The van der Waals surface area contributed by atoms with Crippen LogP contribution in [0.25, 0.3) is 11.4 Å². The van der Waals surface area contributed by atoms with Gasteiger partial charge in [-0.2, -0.15) is 0 Å². The smallest absolute Gasteiger partial charge is 0.243 e. The lowest BCUT2D eigenvalue weighted by Crippen LogP contribution is -2.41. The van der Waals surface area contributed by atoms with E-state index in [9.17, 15) is 8.42 Å². The number of nitrogens with two attached hydrogens (primary N) is 1. The zero-order chi connectivity index (χ0) is 16.9. The van der Waals surface area contributed by atoms with Crippen molar-refractivity contribution in [2.24, 2.45) is 11.7 Å². The first-order chi connectivity index (χ1) is 10.9. The molecule has 0 aliphatic rings. The van der Waals surface area contributed by atoms with E-state index in [0.717, 1.165) is 5.56 Å². The highest BCUT2D eigenvalue weighted by atomic mass is 35.5. The van der Waals surface area contributed by atoms with Gasteiger partial charge in [0.05, 0.1) is 12.4 Å². The van der Waals surface area contributed by atoms with Crippen molar-refractivity contribution in [2.45, 2.75) is 31.2 Å². The summed E-state index contributed by atoms with van der Waals surface area (Å²) >= 11 is 0. The van der Waals surface area contributed by atoms with E-state index in [2.05, 4.69) is 14.7 Å². The maximum atomic E-state index is 12.4. The van der Waals surface area contributed by atoms with E-state index in [-0.39, 0.29) is 29.9 Å². The number of benzene rings is 1. The van der Waals surface area contributed by atoms with Crippen LogP contribution in [0.3, 0.4) is 0 Å². The lowest BCUT2D eigenvalue weighted by molar-refractivity contribution is 0.465. The Morgan fingerprint density at radius 1 is 1.12 bits per heavy atom. The van der Waals surface area contributed by atoms with Crippen molar-refractivity contribution in [1.29, 1.82) is 0 Å². The average molecular weight is 371 g/mol. The van der Waals surface area contributed by atoms with E-state index in [1.54, 1.807) is 0 Å².